The van der Waals surface area contributed by atoms with Crippen molar-refractivity contribution in [1.82, 2.24) is 4.90 Å². The van der Waals surface area contributed by atoms with Crippen LogP contribution in [0.3, 0.4) is 0 Å². The summed E-state index contributed by atoms with van der Waals surface area (Å²) in [5.41, 5.74) is -0.646. The molecule has 0 saturated carbocycles. The van der Waals surface area contributed by atoms with E-state index in [0.717, 1.165) is 25.0 Å². The minimum absolute atomic E-state index is 0.0234. The Labute approximate surface area is 114 Å². The van der Waals surface area contributed by atoms with E-state index in [1.807, 2.05) is 0 Å². The van der Waals surface area contributed by atoms with Crippen LogP contribution in [0.4, 0.5) is 10.1 Å². The number of benzene rings is 1. The minimum atomic E-state index is -1.05. The van der Waals surface area contributed by atoms with E-state index in [1.165, 1.54) is 11.0 Å². The molecule has 20 heavy (non-hydrogen) atoms. The van der Waals surface area contributed by atoms with Gasteiger partial charge < -0.3 is 4.90 Å². The SMILES string of the molecule is N#CC1CCCCN1C(=O)c1ccc([N+](=O)[O-])c(F)c1. The van der Waals surface area contributed by atoms with Crippen molar-refractivity contribution in [3.63, 3.8) is 0 Å². The highest BCUT2D eigenvalue weighted by Crippen LogP contribution is 2.22. The van der Waals surface area contributed by atoms with Crippen LogP contribution in [-0.4, -0.2) is 28.3 Å². The molecule has 0 N–H and O–H groups in total. The van der Waals surface area contributed by atoms with Crippen LogP contribution in [0.2, 0.25) is 0 Å². The van der Waals surface area contributed by atoms with Crippen LogP contribution in [0.25, 0.3) is 0 Å². The third kappa shape index (κ3) is 2.59. The number of rotatable bonds is 2. The van der Waals surface area contributed by atoms with Gasteiger partial charge >= 0.3 is 5.69 Å². The van der Waals surface area contributed by atoms with Crippen molar-refractivity contribution >= 4 is 11.6 Å². The monoisotopic (exact) mass is 277 g/mol. The fraction of sp³-hybridized carbons (Fsp3) is 0.385. The Morgan fingerprint density at radius 1 is 1.50 bits per heavy atom. The van der Waals surface area contributed by atoms with Gasteiger partial charge in [-0.3, -0.25) is 14.9 Å². The Morgan fingerprint density at radius 3 is 2.85 bits per heavy atom. The standard InChI is InChI=1S/C13H12FN3O3/c14-11-7-9(4-5-12(11)17(19)20)13(18)16-6-2-1-3-10(16)8-15/h4-5,7,10H,1-3,6H2. The average molecular weight is 277 g/mol. The minimum Gasteiger partial charge on any atom is -0.323 e. The molecule has 1 aliphatic rings. The van der Waals surface area contributed by atoms with Crippen molar-refractivity contribution in [2.45, 2.75) is 25.3 Å². The van der Waals surface area contributed by atoms with E-state index in [9.17, 15) is 19.3 Å². The van der Waals surface area contributed by atoms with Gasteiger partial charge in [0, 0.05) is 18.2 Å². The molecule has 2 rings (SSSR count). The van der Waals surface area contributed by atoms with Gasteiger partial charge in [-0.2, -0.15) is 9.65 Å². The summed E-state index contributed by atoms with van der Waals surface area (Å²) in [6.45, 7) is 0.440. The number of halogens is 1. The molecule has 1 aromatic rings. The Balaban J connectivity index is 2.27. The van der Waals surface area contributed by atoms with E-state index in [0.29, 0.717) is 13.0 Å². The largest absolute Gasteiger partial charge is 0.323 e. The smallest absolute Gasteiger partial charge is 0.304 e. The highest BCUT2D eigenvalue weighted by Gasteiger charge is 2.28. The topological polar surface area (TPSA) is 87.2 Å². The molecule has 1 aliphatic heterocycles. The fourth-order valence-corrected chi connectivity index (χ4v) is 2.26. The number of hydrogen-bond donors (Lipinski definition) is 0. The number of nitro groups is 1. The molecule has 0 bridgehead atoms. The summed E-state index contributed by atoms with van der Waals surface area (Å²) in [4.78, 5) is 23.3. The van der Waals surface area contributed by atoms with Crippen LogP contribution < -0.4 is 0 Å². The van der Waals surface area contributed by atoms with Crippen LogP contribution >= 0.6 is 0 Å². The van der Waals surface area contributed by atoms with Gasteiger partial charge in [0.15, 0.2) is 0 Å². The molecule has 0 radical (unpaired) electrons. The second-order valence-electron chi connectivity index (χ2n) is 4.56. The lowest BCUT2D eigenvalue weighted by Crippen LogP contribution is -2.42. The van der Waals surface area contributed by atoms with Crippen LogP contribution in [0.1, 0.15) is 29.6 Å². The molecule has 7 heteroatoms. The molecule has 1 heterocycles. The molecule has 1 unspecified atom stereocenters. The van der Waals surface area contributed by atoms with Crippen molar-refractivity contribution in [2.75, 3.05) is 6.54 Å². The summed E-state index contributed by atoms with van der Waals surface area (Å²) in [5, 5.41) is 19.6. The average Bonchev–Trinajstić information content (AvgIpc) is 2.45. The number of amides is 1. The number of carbonyl (C=O) groups excluding carboxylic acids is 1. The van der Waals surface area contributed by atoms with E-state index >= 15 is 0 Å². The maximum atomic E-state index is 13.5. The summed E-state index contributed by atoms with van der Waals surface area (Å²) in [6, 6.07) is 4.56. The first-order valence-electron chi connectivity index (χ1n) is 6.19. The molecule has 6 nitrogen and oxygen atoms in total. The van der Waals surface area contributed by atoms with Gasteiger partial charge in [0.1, 0.15) is 6.04 Å². The number of nitrogens with zero attached hydrogens (tertiary/aromatic N) is 3. The molecule has 1 fully saturated rings. The predicted octanol–water partition coefficient (Wildman–Crippen LogP) is 2.25. The number of likely N-dealkylation sites (tertiary alicyclic amines) is 1. The molecule has 0 aromatic heterocycles. The lowest BCUT2D eigenvalue weighted by molar-refractivity contribution is -0.387. The molecule has 1 atom stereocenters. The van der Waals surface area contributed by atoms with Crippen molar-refractivity contribution in [2.24, 2.45) is 0 Å². The predicted molar refractivity (Wildman–Crippen MR) is 67.3 cm³/mol. The summed E-state index contributed by atoms with van der Waals surface area (Å²) < 4.78 is 13.5. The van der Waals surface area contributed by atoms with E-state index in [2.05, 4.69) is 6.07 Å². The van der Waals surface area contributed by atoms with Gasteiger partial charge in [-0.05, 0) is 31.4 Å². The van der Waals surface area contributed by atoms with Crippen molar-refractivity contribution in [1.29, 1.82) is 5.26 Å². The second-order valence-corrected chi connectivity index (χ2v) is 4.56. The van der Waals surface area contributed by atoms with Crippen LogP contribution in [0.5, 0.6) is 0 Å². The summed E-state index contributed by atoms with van der Waals surface area (Å²) in [6.07, 6.45) is 2.26. The Morgan fingerprint density at radius 2 is 2.25 bits per heavy atom. The summed E-state index contributed by atoms with van der Waals surface area (Å²) in [5.74, 6) is -1.52. The highest BCUT2D eigenvalue weighted by molar-refractivity contribution is 5.95. The van der Waals surface area contributed by atoms with Gasteiger partial charge in [-0.25, -0.2) is 0 Å². The maximum absolute atomic E-state index is 13.5. The zero-order chi connectivity index (χ0) is 14.7. The zero-order valence-electron chi connectivity index (χ0n) is 10.6. The zero-order valence-corrected chi connectivity index (χ0v) is 10.6. The maximum Gasteiger partial charge on any atom is 0.304 e. The Bertz CT molecular complexity index is 597. The van der Waals surface area contributed by atoms with E-state index in [4.69, 9.17) is 5.26 Å². The number of piperidine rings is 1. The number of hydrogen-bond acceptors (Lipinski definition) is 4. The fourth-order valence-electron chi connectivity index (χ4n) is 2.26. The molecular formula is C13H12FN3O3. The molecular weight excluding hydrogens is 265 g/mol. The van der Waals surface area contributed by atoms with Crippen molar-refractivity contribution in [3.8, 4) is 6.07 Å². The molecule has 104 valence electrons. The molecule has 1 aromatic carbocycles. The van der Waals surface area contributed by atoms with Gasteiger partial charge in [0.05, 0.1) is 11.0 Å². The van der Waals surface area contributed by atoms with Crippen molar-refractivity contribution < 1.29 is 14.1 Å². The van der Waals surface area contributed by atoms with E-state index in [-0.39, 0.29) is 5.56 Å². The normalized spacial score (nSPS) is 18.4. The van der Waals surface area contributed by atoms with Crippen LogP contribution in [-0.2, 0) is 0 Å². The van der Waals surface area contributed by atoms with E-state index in [1.54, 1.807) is 0 Å². The lowest BCUT2D eigenvalue weighted by atomic mass is 10.0. The van der Waals surface area contributed by atoms with Gasteiger partial charge in [0.25, 0.3) is 5.91 Å². The van der Waals surface area contributed by atoms with Gasteiger partial charge in [-0.1, -0.05) is 0 Å². The third-order valence-corrected chi connectivity index (χ3v) is 3.30. The Kier molecular flexibility index (Phi) is 3.94. The molecule has 0 spiro atoms. The number of carbonyl (C=O) groups is 1. The first kappa shape index (κ1) is 13.9. The Hall–Kier alpha value is -2.49. The molecule has 1 saturated heterocycles. The van der Waals surface area contributed by atoms with Gasteiger partial charge in [-0.15, -0.1) is 0 Å². The third-order valence-electron chi connectivity index (χ3n) is 3.30. The highest BCUT2D eigenvalue weighted by atomic mass is 19.1. The first-order chi connectivity index (χ1) is 9.54. The molecule has 1 amide bonds. The van der Waals surface area contributed by atoms with Gasteiger partial charge in [0.2, 0.25) is 5.82 Å². The summed E-state index contributed by atoms with van der Waals surface area (Å²) >= 11 is 0. The van der Waals surface area contributed by atoms with Crippen molar-refractivity contribution in [3.05, 3.63) is 39.7 Å². The number of nitriles is 1. The quantitative estimate of drug-likeness (QED) is 0.612. The number of nitro benzene ring substituents is 1. The second kappa shape index (κ2) is 5.65. The lowest BCUT2D eigenvalue weighted by Gasteiger charge is -2.31. The molecule has 0 aliphatic carbocycles. The first-order valence-corrected chi connectivity index (χ1v) is 6.19. The summed E-state index contributed by atoms with van der Waals surface area (Å²) in [7, 11) is 0. The van der Waals surface area contributed by atoms with Crippen LogP contribution in [0.15, 0.2) is 18.2 Å². The van der Waals surface area contributed by atoms with E-state index < -0.39 is 28.4 Å². The van der Waals surface area contributed by atoms with Crippen LogP contribution in [0, 0.1) is 27.3 Å².